The average molecular weight is 303 g/mol. The van der Waals surface area contributed by atoms with E-state index in [-0.39, 0.29) is 12.0 Å². The van der Waals surface area contributed by atoms with Crippen LogP contribution in [-0.4, -0.2) is 36.5 Å². The van der Waals surface area contributed by atoms with Gasteiger partial charge in [-0.15, -0.1) is 0 Å². The number of amides is 1. The molecular weight excluding hydrogens is 278 g/mol. The number of esters is 1. The minimum atomic E-state index is -0.351. The molecule has 1 fully saturated rings. The molecule has 1 aliphatic heterocycles. The summed E-state index contributed by atoms with van der Waals surface area (Å²) >= 11 is 0. The van der Waals surface area contributed by atoms with E-state index in [1.807, 2.05) is 6.07 Å². The zero-order chi connectivity index (χ0) is 15.6. The Kier molecular flexibility index (Phi) is 6.94. The quantitative estimate of drug-likeness (QED) is 0.400. The molecule has 1 aromatic carbocycles. The highest BCUT2D eigenvalue weighted by molar-refractivity contribution is 5.78. The van der Waals surface area contributed by atoms with Crippen LogP contribution in [0.15, 0.2) is 30.3 Å². The molecule has 22 heavy (non-hydrogen) atoms. The molecule has 0 aromatic heterocycles. The van der Waals surface area contributed by atoms with Crippen molar-refractivity contribution in [1.82, 2.24) is 4.90 Å². The number of aryl methyl sites for hydroxylation is 1. The number of hydrogen-bond donors (Lipinski definition) is 0. The molecule has 4 heteroatoms. The lowest BCUT2D eigenvalue weighted by Crippen LogP contribution is -2.36. The first-order chi connectivity index (χ1) is 10.8. The van der Waals surface area contributed by atoms with Gasteiger partial charge in [0, 0.05) is 6.54 Å². The fourth-order valence-corrected chi connectivity index (χ4v) is 2.87. The van der Waals surface area contributed by atoms with Crippen LogP contribution < -0.4 is 0 Å². The van der Waals surface area contributed by atoms with Crippen molar-refractivity contribution in [2.24, 2.45) is 0 Å². The van der Waals surface area contributed by atoms with Crippen molar-refractivity contribution in [2.45, 2.75) is 51.0 Å². The smallest absolute Gasteiger partial charge is 0.328 e. The van der Waals surface area contributed by atoms with Crippen LogP contribution in [0, 0.1) is 0 Å². The molecule has 1 atom stereocenters. The largest absolute Gasteiger partial charge is 0.464 e. The molecule has 0 bridgehead atoms. The molecule has 1 saturated heterocycles. The number of nitrogens with zero attached hydrogens (tertiary/aromatic N) is 1. The first kappa shape index (κ1) is 16.5. The van der Waals surface area contributed by atoms with Crippen molar-refractivity contribution in [3.05, 3.63) is 35.9 Å². The Morgan fingerprint density at radius 3 is 2.73 bits per heavy atom. The molecule has 0 radical (unpaired) electrons. The Hall–Kier alpha value is -1.84. The fourth-order valence-electron chi connectivity index (χ4n) is 2.87. The topological polar surface area (TPSA) is 46.6 Å². The Balaban J connectivity index is 1.50. The maximum absolute atomic E-state index is 11.9. The number of benzene rings is 1. The zero-order valence-electron chi connectivity index (χ0n) is 13.1. The van der Waals surface area contributed by atoms with E-state index in [1.54, 1.807) is 4.90 Å². The molecule has 1 aromatic rings. The van der Waals surface area contributed by atoms with E-state index >= 15 is 0 Å². The second-order valence-electron chi connectivity index (χ2n) is 5.82. The molecule has 0 saturated carbocycles. The van der Waals surface area contributed by atoms with E-state index < -0.39 is 0 Å². The van der Waals surface area contributed by atoms with E-state index in [0.29, 0.717) is 13.2 Å². The van der Waals surface area contributed by atoms with Crippen LogP contribution in [0.2, 0.25) is 0 Å². The number of ether oxygens (including phenoxy) is 1. The summed E-state index contributed by atoms with van der Waals surface area (Å²) < 4.78 is 5.28. The molecule has 2 rings (SSSR count). The second kappa shape index (κ2) is 9.23. The van der Waals surface area contributed by atoms with Gasteiger partial charge in [-0.3, -0.25) is 4.79 Å². The van der Waals surface area contributed by atoms with Gasteiger partial charge in [0.1, 0.15) is 6.04 Å². The summed E-state index contributed by atoms with van der Waals surface area (Å²) in [5, 5.41) is 0. The maximum atomic E-state index is 11.9. The summed E-state index contributed by atoms with van der Waals surface area (Å²) in [4.78, 5) is 24.2. The highest BCUT2D eigenvalue weighted by Crippen LogP contribution is 2.16. The number of hydrogen-bond acceptors (Lipinski definition) is 3. The second-order valence-corrected chi connectivity index (χ2v) is 5.82. The van der Waals surface area contributed by atoms with Gasteiger partial charge >= 0.3 is 5.97 Å². The van der Waals surface area contributed by atoms with Gasteiger partial charge in [-0.2, -0.15) is 0 Å². The molecule has 4 nitrogen and oxygen atoms in total. The lowest BCUT2D eigenvalue weighted by Gasteiger charge is -2.18. The maximum Gasteiger partial charge on any atom is 0.328 e. The molecule has 1 unspecified atom stereocenters. The van der Waals surface area contributed by atoms with Crippen molar-refractivity contribution >= 4 is 12.4 Å². The summed E-state index contributed by atoms with van der Waals surface area (Å²) in [6.07, 6.45) is 7.76. The van der Waals surface area contributed by atoms with Gasteiger partial charge in [-0.1, -0.05) is 43.2 Å². The van der Waals surface area contributed by atoms with Crippen LogP contribution in [0.1, 0.15) is 44.1 Å². The minimum absolute atomic E-state index is 0.242. The van der Waals surface area contributed by atoms with Gasteiger partial charge in [0.05, 0.1) is 6.61 Å². The van der Waals surface area contributed by atoms with E-state index in [1.165, 1.54) is 12.0 Å². The molecular formula is C18H25NO3. The lowest BCUT2D eigenvalue weighted by molar-refractivity contribution is -0.151. The van der Waals surface area contributed by atoms with Crippen LogP contribution in [0.4, 0.5) is 0 Å². The van der Waals surface area contributed by atoms with Crippen LogP contribution in [0.5, 0.6) is 0 Å². The van der Waals surface area contributed by atoms with Crippen molar-refractivity contribution < 1.29 is 14.3 Å². The third-order valence-electron chi connectivity index (χ3n) is 4.15. The summed E-state index contributed by atoms with van der Waals surface area (Å²) in [6, 6.07) is 10.1. The molecule has 0 aliphatic carbocycles. The first-order valence-corrected chi connectivity index (χ1v) is 8.23. The number of carbonyl (C=O) groups is 2. The molecule has 1 heterocycles. The summed E-state index contributed by atoms with van der Waals surface area (Å²) in [6.45, 7) is 1.14. The predicted molar refractivity (Wildman–Crippen MR) is 85.4 cm³/mol. The predicted octanol–water partition coefficient (Wildman–Crippen LogP) is 2.95. The monoisotopic (exact) mass is 303 g/mol. The fraction of sp³-hybridized carbons (Fsp3) is 0.556. The van der Waals surface area contributed by atoms with Gasteiger partial charge in [-0.25, -0.2) is 4.79 Å². The van der Waals surface area contributed by atoms with Crippen molar-refractivity contribution in [3.63, 3.8) is 0 Å². The SMILES string of the molecule is O=CN1CCCC1C(=O)OCCCCCCc1ccccc1. The summed E-state index contributed by atoms with van der Waals surface area (Å²) in [5.74, 6) is -0.242. The van der Waals surface area contributed by atoms with Gasteiger partial charge in [0.25, 0.3) is 0 Å². The third kappa shape index (κ3) is 5.17. The number of likely N-dealkylation sites (tertiary alicyclic amines) is 1. The zero-order valence-corrected chi connectivity index (χ0v) is 13.1. The molecule has 1 amide bonds. The van der Waals surface area contributed by atoms with E-state index in [0.717, 1.165) is 44.9 Å². The Bertz CT molecular complexity index is 461. The van der Waals surface area contributed by atoms with Crippen molar-refractivity contribution in [3.8, 4) is 0 Å². The minimum Gasteiger partial charge on any atom is -0.464 e. The number of carbonyl (C=O) groups excluding carboxylic acids is 2. The molecule has 120 valence electrons. The molecule has 0 N–H and O–H groups in total. The van der Waals surface area contributed by atoms with Crippen LogP contribution in [0.3, 0.4) is 0 Å². The Morgan fingerprint density at radius 2 is 1.95 bits per heavy atom. The number of rotatable bonds is 9. The van der Waals surface area contributed by atoms with E-state index in [9.17, 15) is 9.59 Å². The Morgan fingerprint density at radius 1 is 1.18 bits per heavy atom. The van der Waals surface area contributed by atoms with Gasteiger partial charge in [-0.05, 0) is 37.7 Å². The highest BCUT2D eigenvalue weighted by Gasteiger charge is 2.30. The third-order valence-corrected chi connectivity index (χ3v) is 4.15. The number of unbranched alkanes of at least 4 members (excludes halogenated alkanes) is 3. The standard InChI is InChI=1S/C18H25NO3/c20-15-19-13-8-12-17(19)18(21)22-14-7-2-1-4-9-16-10-5-3-6-11-16/h3,5-6,10-11,15,17H,1-2,4,7-9,12-14H2. The highest BCUT2D eigenvalue weighted by atomic mass is 16.5. The molecule has 0 spiro atoms. The first-order valence-electron chi connectivity index (χ1n) is 8.23. The van der Waals surface area contributed by atoms with Gasteiger partial charge in [0.2, 0.25) is 6.41 Å². The van der Waals surface area contributed by atoms with E-state index in [2.05, 4.69) is 24.3 Å². The van der Waals surface area contributed by atoms with Crippen LogP contribution >= 0.6 is 0 Å². The lowest BCUT2D eigenvalue weighted by atomic mass is 10.1. The van der Waals surface area contributed by atoms with Crippen molar-refractivity contribution in [2.75, 3.05) is 13.2 Å². The average Bonchev–Trinajstić information content (AvgIpc) is 3.03. The van der Waals surface area contributed by atoms with Crippen LogP contribution in [0.25, 0.3) is 0 Å². The van der Waals surface area contributed by atoms with Crippen molar-refractivity contribution in [1.29, 1.82) is 0 Å². The summed E-state index contributed by atoms with van der Waals surface area (Å²) in [7, 11) is 0. The Labute approximate surface area is 132 Å². The summed E-state index contributed by atoms with van der Waals surface area (Å²) in [5.41, 5.74) is 1.38. The van der Waals surface area contributed by atoms with Gasteiger partial charge in [0.15, 0.2) is 0 Å². The van der Waals surface area contributed by atoms with Gasteiger partial charge < -0.3 is 9.64 Å². The molecule has 1 aliphatic rings. The van der Waals surface area contributed by atoms with E-state index in [4.69, 9.17) is 4.74 Å². The van der Waals surface area contributed by atoms with Crippen LogP contribution in [-0.2, 0) is 20.7 Å². The normalized spacial score (nSPS) is 17.5.